The third-order valence-corrected chi connectivity index (χ3v) is 1.61. The lowest BCUT2D eigenvalue weighted by atomic mass is 10.3. The second-order valence-electron chi connectivity index (χ2n) is 2.93. The Morgan fingerprint density at radius 3 is 2.86 bits per heavy atom. The van der Waals surface area contributed by atoms with Gasteiger partial charge in [-0.05, 0) is 13.3 Å². The Bertz CT molecular complexity index is 243. The Morgan fingerprint density at radius 2 is 2.36 bits per heavy atom. The summed E-state index contributed by atoms with van der Waals surface area (Å²) in [4.78, 5) is 11.1. The van der Waals surface area contributed by atoms with Crippen molar-refractivity contribution in [3.05, 3.63) is 12.2 Å². The van der Waals surface area contributed by atoms with Crippen molar-refractivity contribution in [3.63, 3.8) is 0 Å². The van der Waals surface area contributed by atoms with E-state index in [1.54, 1.807) is 13.0 Å². The minimum atomic E-state index is -0.475. The van der Waals surface area contributed by atoms with Crippen LogP contribution in [0.25, 0.3) is 0 Å². The molecule has 0 aromatic heterocycles. The van der Waals surface area contributed by atoms with E-state index in [0.29, 0.717) is 6.61 Å². The van der Waals surface area contributed by atoms with Crippen LogP contribution in [0.2, 0.25) is 0 Å². The number of carbonyl (C=O) groups is 1. The van der Waals surface area contributed by atoms with Gasteiger partial charge in [-0.15, -0.1) is 0 Å². The molecule has 0 fully saturated rings. The van der Waals surface area contributed by atoms with E-state index in [4.69, 9.17) is 10.00 Å². The van der Waals surface area contributed by atoms with Gasteiger partial charge in [0.15, 0.2) is 0 Å². The van der Waals surface area contributed by atoms with Gasteiger partial charge in [-0.1, -0.05) is 19.9 Å². The Morgan fingerprint density at radius 1 is 1.71 bits per heavy atom. The molecule has 14 heavy (non-hydrogen) atoms. The van der Waals surface area contributed by atoms with Gasteiger partial charge >= 0.3 is 0 Å². The summed E-state index contributed by atoms with van der Waals surface area (Å²) in [7, 11) is 0. The fourth-order valence-corrected chi connectivity index (χ4v) is 0.769. The second kappa shape index (κ2) is 7.10. The van der Waals surface area contributed by atoms with Crippen molar-refractivity contribution in [1.29, 1.82) is 5.26 Å². The average molecular weight is 196 g/mol. The normalized spacial score (nSPS) is 11.5. The molecule has 0 rings (SSSR count). The maximum Gasteiger partial charge on any atom is 0.263 e. The first-order valence-electron chi connectivity index (χ1n) is 4.63. The van der Waals surface area contributed by atoms with Crippen LogP contribution in [0.1, 0.15) is 26.7 Å². The molecule has 0 aromatic rings. The molecule has 1 atom stereocenters. The Kier molecular flexibility index (Phi) is 6.42. The predicted octanol–water partition coefficient (Wildman–Crippen LogP) is 1.35. The van der Waals surface area contributed by atoms with Crippen LogP contribution in [-0.2, 0) is 9.53 Å². The number of nitrogens with zero attached hydrogens (tertiary/aromatic N) is 1. The second-order valence-corrected chi connectivity index (χ2v) is 2.93. The number of nitriles is 1. The third-order valence-electron chi connectivity index (χ3n) is 1.61. The number of rotatable bonds is 6. The molecule has 4 nitrogen and oxygen atoms in total. The van der Waals surface area contributed by atoms with Crippen molar-refractivity contribution in [1.82, 2.24) is 5.32 Å². The summed E-state index contributed by atoms with van der Waals surface area (Å²) in [5.74, 6) is -0.475. The van der Waals surface area contributed by atoms with Crippen molar-refractivity contribution in [2.24, 2.45) is 0 Å². The van der Waals surface area contributed by atoms with Crippen molar-refractivity contribution in [2.45, 2.75) is 32.9 Å². The zero-order valence-electron chi connectivity index (χ0n) is 8.67. The number of amides is 1. The van der Waals surface area contributed by atoms with Gasteiger partial charge in [0.2, 0.25) is 0 Å². The van der Waals surface area contributed by atoms with E-state index in [0.717, 1.165) is 12.8 Å². The van der Waals surface area contributed by atoms with Crippen LogP contribution in [-0.4, -0.2) is 18.7 Å². The van der Waals surface area contributed by atoms with Crippen LogP contribution in [0.5, 0.6) is 0 Å². The lowest BCUT2D eigenvalue weighted by molar-refractivity contribution is -0.120. The maximum absolute atomic E-state index is 11.1. The quantitative estimate of drug-likeness (QED) is 0.302. The summed E-state index contributed by atoms with van der Waals surface area (Å²) in [6, 6.07) is 1.68. The summed E-state index contributed by atoms with van der Waals surface area (Å²) in [6.07, 6.45) is 1.63. The maximum atomic E-state index is 11.1. The van der Waals surface area contributed by atoms with Gasteiger partial charge in [0.05, 0.1) is 0 Å². The predicted molar refractivity (Wildman–Crippen MR) is 53.2 cm³/mol. The molecule has 1 unspecified atom stereocenters. The van der Waals surface area contributed by atoms with Gasteiger partial charge in [-0.25, -0.2) is 0 Å². The van der Waals surface area contributed by atoms with Crippen molar-refractivity contribution in [2.75, 3.05) is 6.61 Å². The van der Waals surface area contributed by atoms with E-state index in [-0.39, 0.29) is 11.8 Å². The number of nitrogens with one attached hydrogen (secondary N) is 1. The smallest absolute Gasteiger partial charge is 0.263 e. The zero-order valence-corrected chi connectivity index (χ0v) is 8.67. The molecule has 0 saturated carbocycles. The number of carbonyl (C=O) groups excluding carboxylic acids is 1. The fraction of sp³-hybridized carbons (Fsp3) is 0.600. The van der Waals surface area contributed by atoms with Gasteiger partial charge < -0.3 is 10.1 Å². The van der Waals surface area contributed by atoms with E-state index in [1.807, 2.05) is 0 Å². The van der Waals surface area contributed by atoms with Gasteiger partial charge in [0.25, 0.3) is 5.91 Å². The van der Waals surface area contributed by atoms with E-state index in [2.05, 4.69) is 18.8 Å². The van der Waals surface area contributed by atoms with Crippen LogP contribution in [0.3, 0.4) is 0 Å². The molecule has 0 aliphatic heterocycles. The highest BCUT2D eigenvalue weighted by Gasteiger charge is 2.09. The summed E-state index contributed by atoms with van der Waals surface area (Å²) in [5, 5.41) is 10.9. The largest absolute Gasteiger partial charge is 0.359 e. The highest BCUT2D eigenvalue weighted by Crippen LogP contribution is 1.94. The van der Waals surface area contributed by atoms with E-state index in [1.165, 1.54) is 0 Å². The average Bonchev–Trinajstić information content (AvgIpc) is 2.16. The number of unbranched alkanes of at least 4 members (excludes halogenated alkanes) is 1. The van der Waals surface area contributed by atoms with Crippen LogP contribution in [0.15, 0.2) is 12.2 Å². The number of hydrogen-bond donors (Lipinski definition) is 1. The SMILES string of the molecule is C=C(C#N)C(=O)NC(C)OCCCC. The van der Waals surface area contributed by atoms with Crippen molar-refractivity contribution < 1.29 is 9.53 Å². The summed E-state index contributed by atoms with van der Waals surface area (Å²) < 4.78 is 5.27. The number of ether oxygens (including phenoxy) is 1. The van der Waals surface area contributed by atoms with Crippen LogP contribution in [0, 0.1) is 11.3 Å². The van der Waals surface area contributed by atoms with E-state index in [9.17, 15) is 4.79 Å². The molecule has 1 N–H and O–H groups in total. The Labute approximate surface area is 84.6 Å². The lowest BCUT2D eigenvalue weighted by Gasteiger charge is -2.13. The highest BCUT2D eigenvalue weighted by atomic mass is 16.5. The van der Waals surface area contributed by atoms with Crippen LogP contribution in [0.4, 0.5) is 0 Å². The molecule has 0 bridgehead atoms. The summed E-state index contributed by atoms with van der Waals surface area (Å²) >= 11 is 0. The molecule has 0 aromatic carbocycles. The highest BCUT2D eigenvalue weighted by molar-refractivity contribution is 5.96. The van der Waals surface area contributed by atoms with E-state index < -0.39 is 5.91 Å². The Balaban J connectivity index is 3.72. The van der Waals surface area contributed by atoms with Gasteiger partial charge in [0.1, 0.15) is 17.9 Å². The lowest BCUT2D eigenvalue weighted by Crippen LogP contribution is -2.35. The summed E-state index contributed by atoms with van der Waals surface area (Å²) in [6.45, 7) is 7.68. The molecule has 0 heterocycles. The minimum absolute atomic E-state index is 0.101. The fourth-order valence-electron chi connectivity index (χ4n) is 0.769. The molecule has 0 radical (unpaired) electrons. The van der Waals surface area contributed by atoms with Gasteiger partial charge in [-0.3, -0.25) is 4.79 Å². The number of hydrogen-bond acceptors (Lipinski definition) is 3. The third kappa shape index (κ3) is 5.33. The molecule has 0 spiro atoms. The van der Waals surface area contributed by atoms with Crippen LogP contribution >= 0.6 is 0 Å². The van der Waals surface area contributed by atoms with E-state index >= 15 is 0 Å². The first-order valence-corrected chi connectivity index (χ1v) is 4.63. The molecular weight excluding hydrogens is 180 g/mol. The molecule has 0 aliphatic rings. The molecular formula is C10H16N2O2. The molecule has 78 valence electrons. The first kappa shape index (κ1) is 12.7. The monoisotopic (exact) mass is 196 g/mol. The molecule has 0 saturated heterocycles. The van der Waals surface area contributed by atoms with Crippen molar-refractivity contribution in [3.8, 4) is 6.07 Å². The Hall–Kier alpha value is -1.34. The standard InChI is InChI=1S/C10H16N2O2/c1-4-5-6-14-9(3)12-10(13)8(2)7-11/h9H,2,4-6H2,1,3H3,(H,12,13). The molecule has 0 aliphatic carbocycles. The first-order chi connectivity index (χ1) is 6.61. The zero-order chi connectivity index (χ0) is 11.0. The van der Waals surface area contributed by atoms with Gasteiger partial charge in [-0.2, -0.15) is 5.26 Å². The summed E-state index contributed by atoms with van der Waals surface area (Å²) in [5.41, 5.74) is -0.101. The topological polar surface area (TPSA) is 62.1 Å². The molecule has 4 heteroatoms. The van der Waals surface area contributed by atoms with Gasteiger partial charge in [0, 0.05) is 6.61 Å². The minimum Gasteiger partial charge on any atom is -0.359 e. The van der Waals surface area contributed by atoms with Crippen molar-refractivity contribution >= 4 is 5.91 Å². The van der Waals surface area contributed by atoms with Crippen LogP contribution < -0.4 is 5.32 Å². The molecule has 1 amide bonds.